The van der Waals surface area contributed by atoms with E-state index in [4.69, 9.17) is 4.74 Å². The predicted octanol–water partition coefficient (Wildman–Crippen LogP) is 2.01. The number of amides is 1. The van der Waals surface area contributed by atoms with E-state index in [0.29, 0.717) is 23.3 Å². The molecule has 1 aromatic carbocycles. The van der Waals surface area contributed by atoms with Crippen LogP contribution in [0.3, 0.4) is 0 Å². The first-order valence-electron chi connectivity index (χ1n) is 7.26. The van der Waals surface area contributed by atoms with Gasteiger partial charge >= 0.3 is 0 Å². The van der Waals surface area contributed by atoms with E-state index in [1.54, 1.807) is 31.4 Å². The average molecular weight is 318 g/mol. The van der Waals surface area contributed by atoms with Gasteiger partial charge in [0.05, 0.1) is 19.4 Å². The molecule has 2 N–H and O–H groups in total. The molecule has 0 saturated heterocycles. The van der Waals surface area contributed by atoms with Crippen molar-refractivity contribution >= 4 is 5.91 Å². The fraction of sp³-hybridized carbons (Fsp3) is 0.294. The van der Waals surface area contributed by atoms with Gasteiger partial charge in [0.15, 0.2) is 0 Å². The molecule has 2 aromatic rings. The van der Waals surface area contributed by atoms with E-state index >= 15 is 0 Å². The zero-order chi connectivity index (χ0) is 16.7. The van der Waals surface area contributed by atoms with Gasteiger partial charge in [0.2, 0.25) is 5.91 Å². The molecule has 23 heavy (non-hydrogen) atoms. The number of nitrogens with zero attached hydrogens (tertiary/aromatic N) is 1. The SMILES string of the molecule is COc1ccc(C(O)CNC(=O)CCc2cncc(F)c2)cc1. The average Bonchev–Trinajstić information content (AvgIpc) is 2.58. The van der Waals surface area contributed by atoms with Crippen LogP contribution in [0, 0.1) is 5.82 Å². The fourth-order valence-electron chi connectivity index (χ4n) is 2.09. The van der Waals surface area contributed by atoms with E-state index < -0.39 is 11.9 Å². The first kappa shape index (κ1) is 16.9. The highest BCUT2D eigenvalue weighted by molar-refractivity contribution is 5.76. The third kappa shape index (κ3) is 5.34. The number of rotatable bonds is 7. The summed E-state index contributed by atoms with van der Waals surface area (Å²) in [6, 6.07) is 8.34. The van der Waals surface area contributed by atoms with Crippen molar-refractivity contribution in [3.05, 3.63) is 59.7 Å². The molecular weight excluding hydrogens is 299 g/mol. The fourth-order valence-corrected chi connectivity index (χ4v) is 2.09. The zero-order valence-electron chi connectivity index (χ0n) is 12.8. The third-order valence-electron chi connectivity index (χ3n) is 3.40. The van der Waals surface area contributed by atoms with Crippen molar-refractivity contribution < 1.29 is 19.0 Å². The van der Waals surface area contributed by atoms with Crippen LogP contribution in [0.25, 0.3) is 0 Å². The van der Waals surface area contributed by atoms with Gasteiger partial charge in [-0.15, -0.1) is 0 Å². The number of nitrogens with one attached hydrogen (secondary N) is 1. The quantitative estimate of drug-likeness (QED) is 0.819. The van der Waals surface area contributed by atoms with Crippen molar-refractivity contribution in [3.63, 3.8) is 0 Å². The van der Waals surface area contributed by atoms with Gasteiger partial charge in [0, 0.05) is 19.2 Å². The first-order chi connectivity index (χ1) is 11.1. The summed E-state index contributed by atoms with van der Waals surface area (Å²) >= 11 is 0. The summed E-state index contributed by atoms with van der Waals surface area (Å²) in [5.41, 5.74) is 1.36. The molecular formula is C17H19FN2O3. The Morgan fingerprint density at radius 1 is 1.35 bits per heavy atom. The molecule has 0 radical (unpaired) electrons. The van der Waals surface area contributed by atoms with E-state index in [2.05, 4.69) is 10.3 Å². The van der Waals surface area contributed by atoms with Crippen LogP contribution in [0.15, 0.2) is 42.7 Å². The van der Waals surface area contributed by atoms with Gasteiger partial charge in [-0.2, -0.15) is 0 Å². The monoisotopic (exact) mass is 318 g/mol. The van der Waals surface area contributed by atoms with E-state index in [9.17, 15) is 14.3 Å². The van der Waals surface area contributed by atoms with E-state index in [0.717, 1.165) is 6.20 Å². The summed E-state index contributed by atoms with van der Waals surface area (Å²) in [5.74, 6) is 0.0772. The van der Waals surface area contributed by atoms with Crippen molar-refractivity contribution in [1.82, 2.24) is 10.3 Å². The van der Waals surface area contributed by atoms with Gasteiger partial charge in [-0.3, -0.25) is 9.78 Å². The summed E-state index contributed by atoms with van der Waals surface area (Å²) in [6.45, 7) is 0.118. The van der Waals surface area contributed by atoms with E-state index in [-0.39, 0.29) is 18.9 Å². The molecule has 0 fully saturated rings. The Kier molecular flexibility index (Phi) is 6.05. The van der Waals surface area contributed by atoms with Crippen molar-refractivity contribution in [2.45, 2.75) is 18.9 Å². The molecule has 0 bridgehead atoms. The van der Waals surface area contributed by atoms with Crippen LogP contribution < -0.4 is 10.1 Å². The molecule has 0 spiro atoms. The molecule has 1 atom stereocenters. The zero-order valence-corrected chi connectivity index (χ0v) is 12.8. The summed E-state index contributed by atoms with van der Waals surface area (Å²) in [7, 11) is 1.57. The smallest absolute Gasteiger partial charge is 0.220 e. The van der Waals surface area contributed by atoms with Crippen molar-refractivity contribution in [1.29, 1.82) is 0 Å². The summed E-state index contributed by atoms with van der Waals surface area (Å²) in [4.78, 5) is 15.5. The number of aromatic nitrogens is 1. The number of ether oxygens (including phenoxy) is 1. The van der Waals surface area contributed by atoms with Crippen molar-refractivity contribution in [2.75, 3.05) is 13.7 Å². The molecule has 122 valence electrons. The molecule has 1 heterocycles. The Morgan fingerprint density at radius 3 is 2.74 bits per heavy atom. The van der Waals surface area contributed by atoms with Gasteiger partial charge in [-0.05, 0) is 35.7 Å². The van der Waals surface area contributed by atoms with Crippen LogP contribution in [0.5, 0.6) is 5.75 Å². The Balaban J connectivity index is 1.76. The number of pyridine rings is 1. The second kappa shape index (κ2) is 8.24. The minimum Gasteiger partial charge on any atom is -0.497 e. The Bertz CT molecular complexity index is 647. The molecule has 6 heteroatoms. The second-order valence-electron chi connectivity index (χ2n) is 5.10. The molecule has 1 unspecified atom stereocenters. The lowest BCUT2D eigenvalue weighted by molar-refractivity contribution is -0.121. The molecule has 0 aliphatic heterocycles. The Morgan fingerprint density at radius 2 is 2.09 bits per heavy atom. The maximum absolute atomic E-state index is 13.0. The maximum Gasteiger partial charge on any atom is 0.220 e. The van der Waals surface area contributed by atoms with Crippen LogP contribution in [-0.4, -0.2) is 29.7 Å². The normalized spacial score (nSPS) is 11.8. The van der Waals surface area contributed by atoms with E-state index in [1.165, 1.54) is 12.3 Å². The van der Waals surface area contributed by atoms with Crippen LogP contribution in [-0.2, 0) is 11.2 Å². The van der Waals surface area contributed by atoms with Gasteiger partial charge in [0.25, 0.3) is 0 Å². The van der Waals surface area contributed by atoms with Gasteiger partial charge < -0.3 is 15.2 Å². The predicted molar refractivity (Wildman–Crippen MR) is 83.5 cm³/mol. The highest BCUT2D eigenvalue weighted by Gasteiger charge is 2.10. The molecule has 1 amide bonds. The first-order valence-corrected chi connectivity index (χ1v) is 7.26. The number of hydrogen-bond donors (Lipinski definition) is 2. The number of aryl methyl sites for hydroxylation is 1. The molecule has 0 aliphatic carbocycles. The van der Waals surface area contributed by atoms with Crippen molar-refractivity contribution in [3.8, 4) is 5.75 Å². The number of halogens is 1. The lowest BCUT2D eigenvalue weighted by Crippen LogP contribution is -2.28. The third-order valence-corrected chi connectivity index (χ3v) is 3.40. The van der Waals surface area contributed by atoms with Crippen LogP contribution in [0.2, 0.25) is 0 Å². The van der Waals surface area contributed by atoms with Crippen LogP contribution >= 0.6 is 0 Å². The number of benzene rings is 1. The lowest BCUT2D eigenvalue weighted by atomic mass is 10.1. The minimum absolute atomic E-state index is 0.118. The minimum atomic E-state index is -0.791. The summed E-state index contributed by atoms with van der Waals surface area (Å²) in [6.07, 6.45) is 2.47. The van der Waals surface area contributed by atoms with Crippen LogP contribution in [0.4, 0.5) is 4.39 Å². The standard InChI is InChI=1S/C17H19FN2O3/c1-23-15-5-3-13(4-6-15)16(21)11-20-17(22)7-2-12-8-14(18)10-19-9-12/h3-6,8-10,16,21H,2,7,11H2,1H3,(H,20,22). The highest BCUT2D eigenvalue weighted by atomic mass is 19.1. The molecule has 0 aliphatic rings. The number of carbonyl (C=O) groups is 1. The summed E-state index contributed by atoms with van der Waals surface area (Å²) in [5, 5.41) is 12.7. The number of hydrogen-bond acceptors (Lipinski definition) is 4. The number of aliphatic hydroxyl groups excluding tert-OH is 1. The van der Waals surface area contributed by atoms with E-state index in [1.807, 2.05) is 0 Å². The molecule has 2 rings (SSSR count). The van der Waals surface area contributed by atoms with Gasteiger partial charge in [-0.1, -0.05) is 12.1 Å². The second-order valence-corrected chi connectivity index (χ2v) is 5.10. The number of methoxy groups -OCH3 is 1. The van der Waals surface area contributed by atoms with Gasteiger partial charge in [-0.25, -0.2) is 4.39 Å². The molecule has 5 nitrogen and oxygen atoms in total. The molecule has 0 saturated carbocycles. The number of aliphatic hydroxyl groups is 1. The molecule has 1 aromatic heterocycles. The Hall–Kier alpha value is -2.47. The summed E-state index contributed by atoms with van der Waals surface area (Å²) < 4.78 is 18.0. The van der Waals surface area contributed by atoms with Crippen LogP contribution in [0.1, 0.15) is 23.7 Å². The van der Waals surface area contributed by atoms with Gasteiger partial charge in [0.1, 0.15) is 11.6 Å². The van der Waals surface area contributed by atoms with Crippen molar-refractivity contribution in [2.24, 2.45) is 0 Å². The highest BCUT2D eigenvalue weighted by Crippen LogP contribution is 2.17. The topological polar surface area (TPSA) is 71.5 Å². The number of carbonyl (C=O) groups excluding carboxylic acids is 1. The maximum atomic E-state index is 13.0. The largest absolute Gasteiger partial charge is 0.497 e. The lowest BCUT2D eigenvalue weighted by Gasteiger charge is -2.13. The Labute approximate surface area is 134 Å².